The molecule has 2 aliphatic heterocycles. The predicted octanol–water partition coefficient (Wildman–Crippen LogP) is 3.29. The number of hydrogen-bond donors (Lipinski definition) is 2. The van der Waals surface area contributed by atoms with Crippen LogP contribution in [-0.2, 0) is 13.0 Å². The molecule has 0 bridgehead atoms. The summed E-state index contributed by atoms with van der Waals surface area (Å²) in [5.41, 5.74) is 16.8. The maximum absolute atomic E-state index is 6.72. The molecule has 1 spiro atoms. The number of pyridine rings is 1. The van der Waals surface area contributed by atoms with Crippen LogP contribution in [0.25, 0.3) is 0 Å². The fourth-order valence-corrected chi connectivity index (χ4v) is 5.42. The zero-order valence-corrected chi connectivity index (χ0v) is 18.8. The third-order valence-corrected chi connectivity index (χ3v) is 7.55. The van der Waals surface area contributed by atoms with Gasteiger partial charge in [-0.05, 0) is 35.8 Å². The number of hydrogen-bond acceptors (Lipinski definition) is 8. The molecule has 0 amide bonds. The summed E-state index contributed by atoms with van der Waals surface area (Å²) in [5.74, 6) is 1.87. The van der Waals surface area contributed by atoms with Gasteiger partial charge in [-0.25, -0.2) is 19.9 Å². The molecule has 168 valence electrons. The Bertz CT molecular complexity index is 1270. The Balaban J connectivity index is 1.16. The second-order valence-electron chi connectivity index (χ2n) is 8.96. The molecular weight excluding hydrogens is 438 g/mol. The molecule has 1 fully saturated rings. The first-order valence-electron chi connectivity index (χ1n) is 11.1. The van der Waals surface area contributed by atoms with Crippen molar-refractivity contribution >= 4 is 29.1 Å². The van der Waals surface area contributed by atoms with E-state index in [2.05, 4.69) is 44.1 Å². The van der Waals surface area contributed by atoms with E-state index in [1.165, 1.54) is 11.1 Å². The van der Waals surface area contributed by atoms with Gasteiger partial charge in [-0.2, -0.15) is 0 Å². The average molecular weight is 462 g/mol. The van der Waals surface area contributed by atoms with Crippen LogP contribution in [0.5, 0.6) is 5.75 Å². The number of rotatable bonds is 2. The number of nitrogen functional groups attached to an aromatic ring is 1. The van der Waals surface area contributed by atoms with Crippen LogP contribution in [0.4, 0.5) is 11.6 Å². The van der Waals surface area contributed by atoms with E-state index in [9.17, 15) is 0 Å². The largest absolute Gasteiger partial charge is 0.435 e. The SMILES string of the molecule is Nc1nccc(OC2=NCc3nc(N4CCC5(CC4)Cc4ccccc4[C@@H]5N)cnc32)c1Cl. The zero-order chi connectivity index (χ0) is 22.6. The summed E-state index contributed by atoms with van der Waals surface area (Å²) in [7, 11) is 0. The van der Waals surface area contributed by atoms with Crippen molar-refractivity contribution in [3.8, 4) is 5.75 Å². The fraction of sp³-hybridized carbons (Fsp3) is 0.333. The highest BCUT2D eigenvalue weighted by molar-refractivity contribution is 6.34. The number of nitrogens with zero attached hydrogens (tertiary/aromatic N) is 5. The lowest BCUT2D eigenvalue weighted by atomic mass is 9.73. The van der Waals surface area contributed by atoms with E-state index in [-0.39, 0.29) is 22.3 Å². The molecule has 2 aromatic heterocycles. The number of aliphatic imine (C=N–C) groups is 1. The number of aromatic nitrogens is 3. The smallest absolute Gasteiger partial charge is 0.243 e. The van der Waals surface area contributed by atoms with E-state index in [4.69, 9.17) is 32.8 Å². The summed E-state index contributed by atoms with van der Waals surface area (Å²) in [6.45, 7) is 2.23. The summed E-state index contributed by atoms with van der Waals surface area (Å²) in [6, 6.07) is 10.3. The molecule has 8 nitrogen and oxygen atoms in total. The third kappa shape index (κ3) is 3.32. The van der Waals surface area contributed by atoms with Crippen LogP contribution in [0, 0.1) is 5.41 Å². The molecule has 9 heteroatoms. The number of benzene rings is 1. The van der Waals surface area contributed by atoms with Crippen molar-refractivity contribution in [2.45, 2.75) is 31.8 Å². The van der Waals surface area contributed by atoms with Crippen molar-refractivity contribution in [1.82, 2.24) is 15.0 Å². The molecule has 1 aliphatic carbocycles. The lowest BCUT2D eigenvalue weighted by molar-refractivity contribution is 0.187. The lowest BCUT2D eigenvalue weighted by Gasteiger charge is -2.42. The van der Waals surface area contributed by atoms with Crippen LogP contribution in [0.15, 0.2) is 47.7 Å². The topological polar surface area (TPSA) is 116 Å². The molecule has 0 radical (unpaired) electrons. The van der Waals surface area contributed by atoms with Gasteiger partial charge in [0.15, 0.2) is 5.75 Å². The molecule has 3 aromatic rings. The van der Waals surface area contributed by atoms with E-state index in [1.54, 1.807) is 18.5 Å². The van der Waals surface area contributed by atoms with Crippen molar-refractivity contribution in [2.24, 2.45) is 16.1 Å². The summed E-state index contributed by atoms with van der Waals surface area (Å²) < 4.78 is 5.87. The van der Waals surface area contributed by atoms with Crippen LogP contribution in [0.1, 0.15) is 41.4 Å². The van der Waals surface area contributed by atoms with Gasteiger partial charge in [-0.1, -0.05) is 35.9 Å². The van der Waals surface area contributed by atoms with Crippen molar-refractivity contribution in [3.05, 3.63) is 70.3 Å². The highest BCUT2D eigenvalue weighted by atomic mass is 35.5. The normalized spacial score (nSPS) is 20.5. The Morgan fingerprint density at radius 2 is 1.94 bits per heavy atom. The molecule has 0 unspecified atom stereocenters. The Labute approximate surface area is 196 Å². The minimum absolute atomic E-state index is 0.101. The molecule has 0 saturated carbocycles. The first-order chi connectivity index (χ1) is 16.0. The Morgan fingerprint density at radius 1 is 1.12 bits per heavy atom. The molecule has 4 heterocycles. The zero-order valence-electron chi connectivity index (χ0n) is 18.0. The van der Waals surface area contributed by atoms with Gasteiger partial charge in [-0.15, -0.1) is 0 Å². The average Bonchev–Trinajstić information content (AvgIpc) is 3.36. The Hall–Kier alpha value is -3.23. The number of piperidine rings is 1. The van der Waals surface area contributed by atoms with Gasteiger partial charge in [0.1, 0.15) is 22.4 Å². The number of ether oxygens (including phenoxy) is 1. The van der Waals surface area contributed by atoms with Gasteiger partial charge in [0.05, 0.1) is 18.4 Å². The second kappa shape index (κ2) is 7.67. The van der Waals surface area contributed by atoms with Crippen LogP contribution < -0.4 is 21.1 Å². The van der Waals surface area contributed by atoms with Gasteiger partial charge >= 0.3 is 0 Å². The van der Waals surface area contributed by atoms with E-state index < -0.39 is 0 Å². The third-order valence-electron chi connectivity index (χ3n) is 7.17. The summed E-state index contributed by atoms with van der Waals surface area (Å²) in [4.78, 5) is 20.2. The van der Waals surface area contributed by atoms with Crippen molar-refractivity contribution in [2.75, 3.05) is 23.7 Å². The van der Waals surface area contributed by atoms with Crippen LogP contribution in [-0.4, -0.2) is 33.9 Å². The molecule has 3 aliphatic rings. The quantitative estimate of drug-likeness (QED) is 0.601. The predicted molar refractivity (Wildman–Crippen MR) is 128 cm³/mol. The van der Waals surface area contributed by atoms with E-state index in [0.717, 1.165) is 43.9 Å². The van der Waals surface area contributed by atoms with E-state index in [1.807, 2.05) is 0 Å². The molecule has 1 aromatic carbocycles. The molecule has 1 atom stereocenters. The summed E-state index contributed by atoms with van der Waals surface area (Å²) in [6.07, 6.45) is 6.47. The number of anilines is 2. The van der Waals surface area contributed by atoms with Crippen molar-refractivity contribution < 1.29 is 4.74 Å². The number of fused-ring (bicyclic) bond motifs is 2. The standard InChI is InChI=1S/C24H24ClN7O/c25-19-17(5-8-28-22(19)27)33-23-20-16(12-30-23)31-18(13-29-20)32-9-6-24(7-10-32)11-14-3-1-2-4-15(14)21(24)26/h1-5,8,13,21H,6-7,9-12,26H2,(H2,27,28)/t21-/m0/s1. The fourth-order valence-electron chi connectivity index (χ4n) is 5.27. The van der Waals surface area contributed by atoms with E-state index >= 15 is 0 Å². The lowest BCUT2D eigenvalue weighted by Crippen LogP contribution is -2.44. The van der Waals surface area contributed by atoms with Gasteiger partial charge in [0, 0.05) is 31.4 Å². The van der Waals surface area contributed by atoms with Gasteiger partial charge < -0.3 is 21.1 Å². The minimum Gasteiger partial charge on any atom is -0.435 e. The highest BCUT2D eigenvalue weighted by Gasteiger charge is 2.46. The van der Waals surface area contributed by atoms with Crippen molar-refractivity contribution in [3.63, 3.8) is 0 Å². The van der Waals surface area contributed by atoms with Gasteiger partial charge in [0.25, 0.3) is 0 Å². The molecule has 33 heavy (non-hydrogen) atoms. The minimum atomic E-state index is 0.101. The highest BCUT2D eigenvalue weighted by Crippen LogP contribution is 2.50. The molecular formula is C24H24ClN7O. The Kier molecular flexibility index (Phi) is 4.74. The molecule has 4 N–H and O–H groups in total. The first kappa shape index (κ1) is 20.4. The maximum atomic E-state index is 6.72. The maximum Gasteiger partial charge on any atom is 0.243 e. The van der Waals surface area contributed by atoms with Crippen LogP contribution in [0.3, 0.4) is 0 Å². The Morgan fingerprint density at radius 3 is 2.76 bits per heavy atom. The second-order valence-corrected chi connectivity index (χ2v) is 9.34. The molecule has 1 saturated heterocycles. The van der Waals surface area contributed by atoms with Crippen molar-refractivity contribution in [1.29, 1.82) is 0 Å². The van der Waals surface area contributed by atoms with Crippen LogP contribution in [0.2, 0.25) is 5.02 Å². The number of halogens is 1. The van der Waals surface area contributed by atoms with Crippen LogP contribution >= 0.6 is 11.6 Å². The van der Waals surface area contributed by atoms with E-state index in [0.29, 0.717) is 23.9 Å². The first-order valence-corrected chi connectivity index (χ1v) is 11.5. The van der Waals surface area contributed by atoms with Gasteiger partial charge in [-0.3, -0.25) is 0 Å². The molecule has 6 rings (SSSR count). The summed E-state index contributed by atoms with van der Waals surface area (Å²) in [5, 5.41) is 0.257. The monoisotopic (exact) mass is 461 g/mol. The van der Waals surface area contributed by atoms with Gasteiger partial charge in [0.2, 0.25) is 5.90 Å². The number of nitrogens with two attached hydrogens (primary N) is 2. The summed E-state index contributed by atoms with van der Waals surface area (Å²) >= 11 is 6.20.